The monoisotopic (exact) mass is 326 g/mol. The number of carbonyl (C=O) groups is 1. The van der Waals surface area contributed by atoms with Crippen LogP contribution in [-0.4, -0.2) is 41.3 Å². The van der Waals surface area contributed by atoms with Crippen LogP contribution < -0.4 is 5.32 Å². The van der Waals surface area contributed by atoms with E-state index in [2.05, 4.69) is 5.32 Å². The van der Waals surface area contributed by atoms with Gasteiger partial charge in [0, 0.05) is 19.1 Å². The molecule has 1 fully saturated rings. The fraction of sp³-hybridized carbons (Fsp3) is 0.588. The van der Waals surface area contributed by atoms with Crippen LogP contribution in [0.25, 0.3) is 0 Å². The summed E-state index contributed by atoms with van der Waals surface area (Å²) in [5, 5.41) is 12.7. The number of nitrogens with zero attached hydrogens (tertiary/aromatic N) is 1. The highest BCUT2D eigenvalue weighted by molar-refractivity contribution is 5.74. The molecule has 2 rings (SSSR count). The smallest absolute Gasteiger partial charge is 0.317 e. The van der Waals surface area contributed by atoms with Crippen LogP contribution in [0.4, 0.5) is 13.6 Å². The molecule has 2 N–H and O–H groups in total. The Hall–Kier alpha value is -1.69. The Morgan fingerprint density at radius 2 is 2.17 bits per heavy atom. The van der Waals surface area contributed by atoms with E-state index < -0.39 is 17.7 Å². The van der Waals surface area contributed by atoms with Crippen molar-refractivity contribution in [2.45, 2.75) is 45.3 Å². The molecule has 2 amide bonds. The number of hydrogen-bond donors (Lipinski definition) is 2. The van der Waals surface area contributed by atoms with Crippen molar-refractivity contribution in [2.24, 2.45) is 5.92 Å². The normalized spacial score (nSPS) is 22.7. The Bertz CT molecular complexity index is 553. The molecule has 0 spiro atoms. The van der Waals surface area contributed by atoms with Gasteiger partial charge in [-0.2, -0.15) is 0 Å². The van der Waals surface area contributed by atoms with E-state index >= 15 is 0 Å². The minimum atomic E-state index is -0.854. The van der Waals surface area contributed by atoms with Gasteiger partial charge in [0.1, 0.15) is 0 Å². The molecular weight excluding hydrogens is 302 g/mol. The molecule has 0 aromatic heterocycles. The zero-order valence-electron chi connectivity index (χ0n) is 13.6. The van der Waals surface area contributed by atoms with Gasteiger partial charge in [0.15, 0.2) is 11.6 Å². The molecule has 1 heterocycles. The van der Waals surface area contributed by atoms with Crippen LogP contribution in [0.5, 0.6) is 0 Å². The van der Waals surface area contributed by atoms with Crippen LogP contribution in [0, 0.1) is 17.6 Å². The molecule has 23 heavy (non-hydrogen) atoms. The summed E-state index contributed by atoms with van der Waals surface area (Å²) >= 11 is 0. The number of piperidine rings is 1. The van der Waals surface area contributed by atoms with Gasteiger partial charge in [0.2, 0.25) is 0 Å². The molecular formula is C17H24F2N2O2. The lowest BCUT2D eigenvalue weighted by atomic mass is 9.96. The van der Waals surface area contributed by atoms with Gasteiger partial charge < -0.3 is 15.3 Å². The fourth-order valence-electron chi connectivity index (χ4n) is 2.69. The lowest BCUT2D eigenvalue weighted by molar-refractivity contribution is 0.0430. The quantitative estimate of drug-likeness (QED) is 0.894. The zero-order valence-corrected chi connectivity index (χ0v) is 13.6. The summed E-state index contributed by atoms with van der Waals surface area (Å²) in [6.45, 7) is 4.84. The van der Waals surface area contributed by atoms with Crippen LogP contribution in [0.1, 0.15) is 32.3 Å². The van der Waals surface area contributed by atoms with E-state index in [1.165, 1.54) is 6.07 Å². The summed E-state index contributed by atoms with van der Waals surface area (Å²) in [5.41, 5.74) is 0.701. The minimum Gasteiger partial charge on any atom is -0.391 e. The maximum Gasteiger partial charge on any atom is 0.317 e. The predicted molar refractivity (Wildman–Crippen MR) is 84.0 cm³/mol. The molecule has 0 radical (unpaired) electrons. The first-order valence-corrected chi connectivity index (χ1v) is 8.04. The predicted octanol–water partition coefficient (Wildman–Crippen LogP) is 2.70. The average Bonchev–Trinajstić information content (AvgIpc) is 2.51. The van der Waals surface area contributed by atoms with Crippen molar-refractivity contribution in [1.82, 2.24) is 10.2 Å². The first kappa shape index (κ1) is 17.7. The number of benzene rings is 1. The van der Waals surface area contributed by atoms with Crippen LogP contribution in [0.15, 0.2) is 18.2 Å². The molecule has 128 valence electrons. The SMILES string of the molecule is CC(CCc1ccc(F)c(F)c1)NC(=O)N1CCC(C)C(O)C1. The topological polar surface area (TPSA) is 52.6 Å². The highest BCUT2D eigenvalue weighted by atomic mass is 19.2. The molecule has 1 aliphatic rings. The Kier molecular flexibility index (Phi) is 5.93. The number of likely N-dealkylation sites (tertiary alicyclic amines) is 1. The van der Waals surface area contributed by atoms with Crippen LogP contribution in [0.2, 0.25) is 0 Å². The largest absolute Gasteiger partial charge is 0.391 e. The summed E-state index contributed by atoms with van der Waals surface area (Å²) in [6, 6.07) is 3.58. The summed E-state index contributed by atoms with van der Waals surface area (Å²) in [5.74, 6) is -1.49. The standard InChI is InChI=1S/C17H24F2N2O2/c1-11-7-8-21(10-16(11)22)17(23)20-12(2)3-4-13-5-6-14(18)15(19)9-13/h5-6,9,11-12,16,22H,3-4,7-8,10H2,1-2H3,(H,20,23). The Labute approximate surface area is 135 Å². The molecule has 1 saturated heterocycles. The molecule has 0 aliphatic carbocycles. The third-order valence-electron chi connectivity index (χ3n) is 4.43. The van der Waals surface area contributed by atoms with Gasteiger partial charge in [-0.3, -0.25) is 0 Å². The van der Waals surface area contributed by atoms with Crippen LogP contribution in [-0.2, 0) is 6.42 Å². The van der Waals surface area contributed by atoms with Crippen molar-refractivity contribution in [3.63, 3.8) is 0 Å². The first-order valence-electron chi connectivity index (χ1n) is 8.04. The lowest BCUT2D eigenvalue weighted by Crippen LogP contribution is -2.51. The average molecular weight is 326 g/mol. The molecule has 0 saturated carbocycles. The lowest BCUT2D eigenvalue weighted by Gasteiger charge is -2.34. The second-order valence-electron chi connectivity index (χ2n) is 6.42. The third-order valence-corrected chi connectivity index (χ3v) is 4.43. The van der Waals surface area contributed by atoms with E-state index in [0.717, 1.165) is 12.5 Å². The van der Waals surface area contributed by atoms with Gasteiger partial charge in [-0.25, -0.2) is 13.6 Å². The molecule has 4 nitrogen and oxygen atoms in total. The maximum atomic E-state index is 13.1. The van der Waals surface area contributed by atoms with Crippen molar-refractivity contribution in [2.75, 3.05) is 13.1 Å². The van der Waals surface area contributed by atoms with Crippen molar-refractivity contribution in [3.05, 3.63) is 35.4 Å². The molecule has 3 atom stereocenters. The van der Waals surface area contributed by atoms with Gasteiger partial charge in [-0.1, -0.05) is 13.0 Å². The number of hydrogen-bond acceptors (Lipinski definition) is 2. The molecule has 1 aliphatic heterocycles. The van der Waals surface area contributed by atoms with E-state index in [1.807, 2.05) is 13.8 Å². The summed E-state index contributed by atoms with van der Waals surface area (Å²) in [7, 11) is 0. The maximum absolute atomic E-state index is 13.1. The third kappa shape index (κ3) is 4.89. The fourth-order valence-corrected chi connectivity index (χ4v) is 2.69. The Morgan fingerprint density at radius 1 is 1.43 bits per heavy atom. The molecule has 6 heteroatoms. The number of amides is 2. The molecule has 1 aromatic carbocycles. The van der Waals surface area contributed by atoms with Crippen molar-refractivity contribution in [3.8, 4) is 0 Å². The van der Waals surface area contributed by atoms with Gasteiger partial charge in [-0.15, -0.1) is 0 Å². The first-order chi connectivity index (χ1) is 10.9. The number of urea groups is 1. The molecule has 0 bridgehead atoms. The van der Waals surface area contributed by atoms with Gasteiger partial charge in [-0.05, 0) is 49.8 Å². The number of halogens is 2. The van der Waals surface area contributed by atoms with Gasteiger partial charge >= 0.3 is 6.03 Å². The van der Waals surface area contributed by atoms with E-state index in [0.29, 0.717) is 31.5 Å². The number of β-amino-alcohol motifs (C(OH)–C–C–N with tert-alkyl or cyclic N) is 1. The Balaban J connectivity index is 1.78. The van der Waals surface area contributed by atoms with Crippen LogP contribution >= 0.6 is 0 Å². The molecule has 1 aromatic rings. The second-order valence-corrected chi connectivity index (χ2v) is 6.42. The second kappa shape index (κ2) is 7.73. The molecule has 3 unspecified atom stereocenters. The highest BCUT2D eigenvalue weighted by Gasteiger charge is 2.27. The van der Waals surface area contributed by atoms with Crippen molar-refractivity contribution in [1.29, 1.82) is 0 Å². The summed E-state index contributed by atoms with van der Waals surface area (Å²) in [4.78, 5) is 13.8. The van der Waals surface area contributed by atoms with Gasteiger partial charge in [0.25, 0.3) is 0 Å². The summed E-state index contributed by atoms with van der Waals surface area (Å²) < 4.78 is 26.0. The van der Waals surface area contributed by atoms with Crippen molar-refractivity contribution >= 4 is 6.03 Å². The number of rotatable bonds is 4. The number of nitrogens with one attached hydrogen (secondary N) is 1. The number of aryl methyl sites for hydroxylation is 1. The van der Waals surface area contributed by atoms with Crippen molar-refractivity contribution < 1.29 is 18.7 Å². The van der Waals surface area contributed by atoms with E-state index in [-0.39, 0.29) is 18.0 Å². The summed E-state index contributed by atoms with van der Waals surface area (Å²) in [6.07, 6.45) is 1.49. The number of carbonyl (C=O) groups excluding carboxylic acids is 1. The Morgan fingerprint density at radius 3 is 2.83 bits per heavy atom. The van der Waals surface area contributed by atoms with E-state index in [1.54, 1.807) is 11.0 Å². The van der Waals surface area contributed by atoms with E-state index in [4.69, 9.17) is 0 Å². The van der Waals surface area contributed by atoms with Crippen LogP contribution in [0.3, 0.4) is 0 Å². The minimum absolute atomic E-state index is 0.0906. The zero-order chi connectivity index (χ0) is 17.0. The van der Waals surface area contributed by atoms with E-state index in [9.17, 15) is 18.7 Å². The number of aliphatic hydroxyl groups is 1. The highest BCUT2D eigenvalue weighted by Crippen LogP contribution is 2.17. The number of aliphatic hydroxyl groups excluding tert-OH is 1. The van der Waals surface area contributed by atoms with Gasteiger partial charge in [0.05, 0.1) is 6.10 Å².